The van der Waals surface area contributed by atoms with E-state index >= 15 is 0 Å². The Balaban J connectivity index is 1.54. The summed E-state index contributed by atoms with van der Waals surface area (Å²) < 4.78 is 5.62. The number of allylic oxidation sites excluding steroid dienone is 1. The van der Waals surface area contributed by atoms with Crippen molar-refractivity contribution in [1.82, 2.24) is 4.90 Å². The van der Waals surface area contributed by atoms with Gasteiger partial charge in [-0.2, -0.15) is 0 Å². The van der Waals surface area contributed by atoms with Gasteiger partial charge in [0.25, 0.3) is 0 Å². The first-order valence-electron chi connectivity index (χ1n) is 11.9. The van der Waals surface area contributed by atoms with E-state index in [1.165, 1.54) is 22.3 Å². The highest BCUT2D eigenvalue weighted by Crippen LogP contribution is 2.38. The summed E-state index contributed by atoms with van der Waals surface area (Å²) in [7, 11) is 1.75. The zero-order valence-corrected chi connectivity index (χ0v) is 19.3. The van der Waals surface area contributed by atoms with Gasteiger partial charge in [0, 0.05) is 12.6 Å². The monoisotopic (exact) mass is 432 g/mol. The second-order valence-corrected chi connectivity index (χ2v) is 9.07. The number of fused-ring (bicyclic) bond motifs is 1. The van der Waals surface area contributed by atoms with Crippen LogP contribution in [0.2, 0.25) is 0 Å². The first-order chi connectivity index (χ1) is 15.6. The van der Waals surface area contributed by atoms with Crippen molar-refractivity contribution < 1.29 is 9.84 Å². The number of nitrogens with two attached hydrogens (primary N) is 1. The number of likely N-dealkylation sites (N-methyl/N-ethyl adjacent to an activating group) is 1. The van der Waals surface area contributed by atoms with Crippen molar-refractivity contribution in [3.05, 3.63) is 88.7 Å². The van der Waals surface area contributed by atoms with Crippen LogP contribution in [0, 0.1) is 11.8 Å². The topological polar surface area (TPSA) is 58.7 Å². The average molecular weight is 433 g/mol. The molecular formula is C28H36N2O2. The van der Waals surface area contributed by atoms with Crippen molar-refractivity contribution in [3.8, 4) is 5.75 Å². The molecule has 4 heteroatoms. The van der Waals surface area contributed by atoms with Gasteiger partial charge in [0.15, 0.2) is 0 Å². The molecule has 32 heavy (non-hydrogen) atoms. The Morgan fingerprint density at radius 2 is 1.88 bits per heavy atom. The highest BCUT2D eigenvalue weighted by Gasteiger charge is 2.34. The fourth-order valence-electron chi connectivity index (χ4n) is 5.31. The van der Waals surface area contributed by atoms with Crippen LogP contribution in [0.25, 0.3) is 0 Å². The van der Waals surface area contributed by atoms with Crippen LogP contribution in [0.4, 0.5) is 0 Å². The molecular weight excluding hydrogens is 396 g/mol. The summed E-state index contributed by atoms with van der Waals surface area (Å²) in [6.45, 7) is 4.83. The molecule has 0 heterocycles. The van der Waals surface area contributed by atoms with Crippen molar-refractivity contribution in [2.24, 2.45) is 17.6 Å². The lowest BCUT2D eigenvalue weighted by Crippen LogP contribution is -2.43. The SMILES string of the molecule is CCN(Cc1ccc(CCN)cc1)C1C=C(OC)C=CC1[C@@H]1CCc2cc(O)ccc2C1. The lowest BCUT2D eigenvalue weighted by molar-refractivity contribution is 0.147. The van der Waals surface area contributed by atoms with Crippen molar-refractivity contribution in [2.45, 2.75) is 45.2 Å². The molecule has 4 nitrogen and oxygen atoms in total. The number of benzene rings is 2. The van der Waals surface area contributed by atoms with Gasteiger partial charge >= 0.3 is 0 Å². The van der Waals surface area contributed by atoms with E-state index in [0.29, 0.717) is 30.2 Å². The third kappa shape index (κ3) is 5.08. The highest BCUT2D eigenvalue weighted by molar-refractivity contribution is 5.37. The Bertz CT molecular complexity index is 964. The van der Waals surface area contributed by atoms with E-state index in [-0.39, 0.29) is 0 Å². The number of phenolic OH excluding ortho intramolecular Hbond substituents is 1. The van der Waals surface area contributed by atoms with Gasteiger partial charge in [0.1, 0.15) is 11.5 Å². The van der Waals surface area contributed by atoms with E-state index in [2.05, 4.69) is 60.4 Å². The number of aryl methyl sites for hydroxylation is 1. The van der Waals surface area contributed by atoms with E-state index < -0.39 is 0 Å². The normalized spacial score (nSPS) is 22.5. The summed E-state index contributed by atoms with van der Waals surface area (Å²) in [5.74, 6) is 2.33. The minimum atomic E-state index is 0.298. The largest absolute Gasteiger partial charge is 0.508 e. The molecule has 0 aliphatic heterocycles. The maximum atomic E-state index is 9.85. The van der Waals surface area contributed by atoms with Crippen molar-refractivity contribution in [2.75, 3.05) is 20.2 Å². The summed E-state index contributed by atoms with van der Waals surface area (Å²) in [5.41, 5.74) is 11.0. The van der Waals surface area contributed by atoms with Crippen LogP contribution in [0.5, 0.6) is 5.75 Å². The quantitative estimate of drug-likeness (QED) is 0.640. The number of aromatic hydroxyl groups is 1. The minimum absolute atomic E-state index is 0.298. The van der Waals surface area contributed by atoms with Crippen LogP contribution in [0.1, 0.15) is 35.6 Å². The molecule has 0 radical (unpaired) electrons. The molecule has 2 aromatic rings. The molecule has 3 atom stereocenters. The fraction of sp³-hybridized carbons (Fsp3) is 0.429. The van der Waals surface area contributed by atoms with Gasteiger partial charge in [-0.25, -0.2) is 0 Å². The fourth-order valence-corrected chi connectivity index (χ4v) is 5.31. The lowest BCUT2D eigenvalue weighted by atomic mass is 9.72. The van der Waals surface area contributed by atoms with Gasteiger partial charge in [-0.1, -0.05) is 43.3 Å². The first kappa shape index (κ1) is 22.6. The summed E-state index contributed by atoms with van der Waals surface area (Å²) in [4.78, 5) is 2.57. The molecule has 0 saturated carbocycles. The third-order valence-corrected chi connectivity index (χ3v) is 7.12. The maximum Gasteiger partial charge on any atom is 0.116 e. The molecule has 0 saturated heterocycles. The van der Waals surface area contributed by atoms with Crippen molar-refractivity contribution >= 4 is 0 Å². The van der Waals surface area contributed by atoms with E-state index in [9.17, 15) is 5.11 Å². The van der Waals surface area contributed by atoms with Crippen molar-refractivity contribution in [1.29, 1.82) is 0 Å². The number of hydrogen-bond acceptors (Lipinski definition) is 4. The molecule has 2 unspecified atom stereocenters. The molecule has 4 rings (SSSR count). The molecule has 170 valence electrons. The molecule has 0 bridgehead atoms. The maximum absolute atomic E-state index is 9.85. The Hall–Kier alpha value is -2.56. The smallest absolute Gasteiger partial charge is 0.116 e. The van der Waals surface area contributed by atoms with Gasteiger partial charge in [-0.15, -0.1) is 0 Å². The number of hydrogen-bond donors (Lipinski definition) is 2. The van der Waals surface area contributed by atoms with Crippen LogP contribution >= 0.6 is 0 Å². The van der Waals surface area contributed by atoms with Crippen LogP contribution in [0.15, 0.2) is 66.5 Å². The molecule has 2 aliphatic carbocycles. The predicted octanol–water partition coefficient (Wildman–Crippen LogP) is 4.61. The Kier molecular flexibility index (Phi) is 7.33. The van der Waals surface area contributed by atoms with Gasteiger partial charge in [-0.3, -0.25) is 4.90 Å². The first-order valence-corrected chi connectivity index (χ1v) is 11.9. The zero-order chi connectivity index (χ0) is 22.5. The Morgan fingerprint density at radius 3 is 2.59 bits per heavy atom. The van der Waals surface area contributed by atoms with Crippen LogP contribution < -0.4 is 5.73 Å². The average Bonchev–Trinajstić information content (AvgIpc) is 2.83. The summed E-state index contributed by atoms with van der Waals surface area (Å²) in [5, 5.41) is 9.85. The second-order valence-electron chi connectivity index (χ2n) is 9.07. The zero-order valence-electron chi connectivity index (χ0n) is 19.3. The molecule has 0 spiro atoms. The summed E-state index contributed by atoms with van der Waals surface area (Å²) in [6, 6.07) is 15.1. The van der Waals surface area contributed by atoms with Gasteiger partial charge in [-0.05, 0) is 97.1 Å². The minimum Gasteiger partial charge on any atom is -0.508 e. The number of methoxy groups -OCH3 is 1. The van der Waals surface area contributed by atoms with E-state index in [1.54, 1.807) is 7.11 Å². The predicted molar refractivity (Wildman–Crippen MR) is 130 cm³/mol. The molecule has 2 aliphatic rings. The third-order valence-electron chi connectivity index (χ3n) is 7.12. The standard InChI is InChI=1S/C28H36N2O2/c1-3-30(19-21-6-4-20(5-7-21)14-15-29)28-18-26(32-2)12-13-27(28)24-9-8-23-17-25(31)11-10-22(23)16-24/h4-7,10-13,17-18,24,27-28,31H,3,8-9,14-16,19,29H2,1-2H3/t24-,27?,28?/m1/s1. The molecule has 0 amide bonds. The number of rotatable bonds is 8. The second kappa shape index (κ2) is 10.4. The lowest BCUT2D eigenvalue weighted by Gasteiger charge is -2.41. The molecule has 3 N–H and O–H groups in total. The van der Waals surface area contributed by atoms with E-state index in [1.807, 2.05) is 12.1 Å². The number of ether oxygens (including phenoxy) is 1. The van der Waals surface area contributed by atoms with Crippen LogP contribution in [0.3, 0.4) is 0 Å². The van der Waals surface area contributed by atoms with Crippen molar-refractivity contribution in [3.63, 3.8) is 0 Å². The molecule has 2 aromatic carbocycles. The number of nitrogens with zero attached hydrogens (tertiary/aromatic N) is 1. The number of phenols is 1. The van der Waals surface area contributed by atoms with Gasteiger partial charge in [0.2, 0.25) is 0 Å². The summed E-state index contributed by atoms with van der Waals surface area (Å²) in [6.07, 6.45) is 11.0. The Labute approximate surface area is 192 Å². The van der Waals surface area contributed by atoms with E-state index in [4.69, 9.17) is 10.5 Å². The van der Waals surface area contributed by atoms with Crippen LogP contribution in [-0.2, 0) is 30.5 Å². The summed E-state index contributed by atoms with van der Waals surface area (Å²) >= 11 is 0. The van der Waals surface area contributed by atoms with Crippen LogP contribution in [-0.4, -0.2) is 36.2 Å². The van der Waals surface area contributed by atoms with E-state index in [0.717, 1.165) is 44.5 Å². The highest BCUT2D eigenvalue weighted by atomic mass is 16.5. The van der Waals surface area contributed by atoms with Gasteiger partial charge < -0.3 is 15.6 Å². The van der Waals surface area contributed by atoms with Gasteiger partial charge in [0.05, 0.1) is 7.11 Å². The Morgan fingerprint density at radius 1 is 1.09 bits per heavy atom. The molecule has 0 aromatic heterocycles. The molecule has 0 fully saturated rings.